The number of phenolic OH excluding ortho intramolecular Hbond substituents is 1. The highest BCUT2D eigenvalue weighted by Gasteiger charge is 2.50. The van der Waals surface area contributed by atoms with E-state index in [9.17, 15) is 34.5 Å². The monoisotopic (exact) mass is 900 g/mol. The number of nitrogens with zero attached hydrogens (tertiary/aromatic N) is 2. The molecule has 16 nitrogen and oxygen atoms in total. The average Bonchev–Trinajstić information content (AvgIpc) is 3.51. The molecule has 0 radical (unpaired) electrons. The fourth-order valence-corrected chi connectivity index (χ4v) is 8.09. The number of nitrogens with one attached hydrogen (secondary N) is 1. The predicted octanol–water partition coefficient (Wildman–Crippen LogP) is 6.57. The number of aromatic nitrogens is 1. The van der Waals surface area contributed by atoms with Gasteiger partial charge in [0.15, 0.2) is 11.3 Å². The molecule has 1 aliphatic carbocycles. The highest BCUT2D eigenvalue weighted by Crippen LogP contribution is 2.50. The van der Waals surface area contributed by atoms with Crippen LogP contribution in [0.15, 0.2) is 63.6 Å². The SMILES string of the molecule is CO[C@H]1/C=C/O[C@@]2(C)Oc3c(C)c(O)c4c(=O)c(c5oc6cc(OCC[N+](C)(C)C(C)C)ccc6nc-5c4c3C2=O)NC(=O)/C(C)=C\C=C\[C@H](C)[C@H](O)C[C@@H](O)[C@@H](C)[C@H](OC(C)=O)[C@@H]1C. The molecule has 2 aromatic rings. The number of phenols is 1. The third-order valence-electron chi connectivity index (χ3n) is 13.2. The van der Waals surface area contributed by atoms with Gasteiger partial charge in [-0.15, -0.1) is 0 Å². The number of ketones is 1. The van der Waals surface area contributed by atoms with Crippen molar-refractivity contribution in [1.29, 1.82) is 0 Å². The zero-order valence-corrected chi connectivity index (χ0v) is 39.2. The van der Waals surface area contributed by atoms with Crippen molar-refractivity contribution in [2.75, 3.05) is 39.7 Å². The van der Waals surface area contributed by atoms with Crippen molar-refractivity contribution in [3.63, 3.8) is 0 Å². The number of benzene rings is 3. The number of carbonyl (C=O) groups is 3. The lowest BCUT2D eigenvalue weighted by Crippen LogP contribution is -2.48. The van der Waals surface area contributed by atoms with Gasteiger partial charge in [0, 0.05) is 67.7 Å². The Morgan fingerprint density at radius 1 is 1.05 bits per heavy atom. The summed E-state index contributed by atoms with van der Waals surface area (Å²) in [5.41, 5.74) is -0.536. The van der Waals surface area contributed by atoms with Crippen LogP contribution in [0.4, 0.5) is 5.69 Å². The Morgan fingerprint density at radius 3 is 2.42 bits per heavy atom. The molecule has 3 aliphatic heterocycles. The summed E-state index contributed by atoms with van der Waals surface area (Å²) in [7, 11) is 5.68. The van der Waals surface area contributed by atoms with Gasteiger partial charge in [-0.05, 0) is 45.9 Å². The molecular formula is C49H62N3O13+. The number of anilines is 1. The molecule has 65 heavy (non-hydrogen) atoms. The summed E-state index contributed by atoms with van der Waals surface area (Å²) in [5, 5.41) is 36.6. The van der Waals surface area contributed by atoms with Gasteiger partial charge in [-0.3, -0.25) is 19.2 Å². The number of methoxy groups -OCH3 is 1. The Kier molecular flexibility index (Phi) is 14.2. The molecule has 16 heteroatoms. The first-order valence-electron chi connectivity index (χ1n) is 21.9. The van der Waals surface area contributed by atoms with Crippen LogP contribution in [0, 0.1) is 24.7 Å². The van der Waals surface area contributed by atoms with E-state index in [1.165, 1.54) is 53.2 Å². The molecule has 0 saturated heterocycles. The minimum absolute atomic E-state index is 0.0183. The van der Waals surface area contributed by atoms with Crippen LogP contribution in [0.1, 0.15) is 77.7 Å². The molecule has 0 saturated carbocycles. The Balaban J connectivity index is 1.55. The Morgan fingerprint density at radius 2 is 1.75 bits per heavy atom. The second kappa shape index (κ2) is 19.0. The number of hydrogen-bond donors (Lipinski definition) is 4. The number of aliphatic hydroxyl groups is 2. The molecule has 0 aromatic heterocycles. The number of rotatable bonds is 7. The highest BCUT2D eigenvalue weighted by molar-refractivity contribution is 6.22. The third kappa shape index (κ3) is 9.62. The summed E-state index contributed by atoms with van der Waals surface area (Å²) in [6.45, 7) is 16.3. The van der Waals surface area contributed by atoms with Gasteiger partial charge in [0.05, 0.1) is 55.7 Å². The van der Waals surface area contributed by atoms with E-state index < -0.39 is 76.8 Å². The van der Waals surface area contributed by atoms with Gasteiger partial charge in [-0.2, -0.15) is 0 Å². The first-order chi connectivity index (χ1) is 30.5. The summed E-state index contributed by atoms with van der Waals surface area (Å²) in [6, 6.07) is 5.40. The van der Waals surface area contributed by atoms with Crippen LogP contribution in [0.5, 0.6) is 17.2 Å². The van der Waals surface area contributed by atoms with Crippen LogP contribution in [-0.2, 0) is 23.8 Å². The molecule has 4 N–H and O–H groups in total. The molecule has 4 bridgehead atoms. The molecule has 6 rings (SSSR count). The molecule has 0 unspecified atom stereocenters. The Hall–Kier alpha value is -5.81. The van der Waals surface area contributed by atoms with Crippen molar-refractivity contribution in [3.05, 3.63) is 75.7 Å². The average molecular weight is 901 g/mol. The molecule has 0 fully saturated rings. The van der Waals surface area contributed by atoms with E-state index in [1.54, 1.807) is 51.1 Å². The number of amides is 1. The zero-order valence-electron chi connectivity index (χ0n) is 39.2. The standard InChI is InChI=1S/C49H61N3O13/c1-24(2)52(10,11)19-21-61-31-16-17-32-36(22-31)64-46-40(50-32)37-38-42(56)29(7)45-39(37)47(58)49(9,65-45)62-20-18-35(60-12)28(6)44(63-30(8)53)27(5)34(55)23-33(54)25(3)14-13-15-26(4)48(59)51-41(46)43(38)57/h13-18,20,22,24-25,27-28,33-35,44,54-55H,19,21,23H2,1-12H3,(H-,50,51,56,57,58,59)/p+1/b14-13+,20-18+,26-15-/t25-,27+,28+,33+,34+,35-,44-,49-/m0/s1. The van der Waals surface area contributed by atoms with Gasteiger partial charge in [-0.25, -0.2) is 4.98 Å². The van der Waals surface area contributed by atoms with Crippen LogP contribution in [0.2, 0.25) is 0 Å². The first-order valence-corrected chi connectivity index (χ1v) is 21.9. The molecule has 2 aromatic carbocycles. The number of ether oxygens (including phenoxy) is 5. The number of aliphatic hydroxyl groups excluding tert-OH is 2. The number of esters is 1. The maximum atomic E-state index is 14.8. The van der Waals surface area contributed by atoms with E-state index in [1.807, 2.05) is 0 Å². The van der Waals surface area contributed by atoms with Crippen molar-refractivity contribution in [2.24, 2.45) is 17.8 Å². The maximum Gasteiger partial charge on any atom is 0.312 e. The number of likely N-dealkylation sites (N-methyl/N-ethyl adjacent to an activating group) is 1. The normalized spacial score (nSPS) is 27.6. The van der Waals surface area contributed by atoms with Crippen LogP contribution < -0.4 is 20.2 Å². The van der Waals surface area contributed by atoms with E-state index in [0.29, 0.717) is 23.9 Å². The molecular weight excluding hydrogens is 839 g/mol. The third-order valence-corrected chi connectivity index (χ3v) is 13.2. The maximum absolute atomic E-state index is 14.8. The summed E-state index contributed by atoms with van der Waals surface area (Å²) in [5.74, 6) is -6.01. The van der Waals surface area contributed by atoms with Crippen LogP contribution in [-0.4, -0.2) is 113 Å². The van der Waals surface area contributed by atoms with Crippen molar-refractivity contribution in [1.82, 2.24) is 4.98 Å². The van der Waals surface area contributed by atoms with Gasteiger partial charge in [-0.1, -0.05) is 39.0 Å². The topological polar surface area (TPSA) is 213 Å². The minimum atomic E-state index is -2.04. The fraction of sp³-hybridized carbons (Fsp3) is 0.490. The lowest BCUT2D eigenvalue weighted by Gasteiger charge is -2.35. The molecule has 1 amide bonds. The first kappa shape index (κ1) is 48.6. The van der Waals surface area contributed by atoms with Crippen molar-refractivity contribution >= 4 is 45.2 Å². The van der Waals surface area contributed by atoms with E-state index in [2.05, 4.69) is 33.3 Å². The van der Waals surface area contributed by atoms with E-state index in [4.69, 9.17) is 33.1 Å². The van der Waals surface area contributed by atoms with Crippen LogP contribution in [0.25, 0.3) is 33.3 Å². The number of quaternary nitrogens is 1. The summed E-state index contributed by atoms with van der Waals surface area (Å²) in [6.07, 6.45) is 3.59. The zero-order chi connectivity index (χ0) is 47.9. The predicted molar refractivity (Wildman–Crippen MR) is 244 cm³/mol. The summed E-state index contributed by atoms with van der Waals surface area (Å²) >= 11 is 0. The number of allylic oxidation sites excluding steroid dienone is 2. The smallest absolute Gasteiger partial charge is 0.312 e. The number of aromatic hydroxyl groups is 1. The van der Waals surface area contributed by atoms with E-state index in [-0.39, 0.29) is 62.4 Å². The van der Waals surface area contributed by atoms with Crippen LogP contribution >= 0.6 is 0 Å². The Labute approximate surface area is 378 Å². The van der Waals surface area contributed by atoms with E-state index in [0.717, 1.165) is 11.0 Å². The van der Waals surface area contributed by atoms with E-state index >= 15 is 0 Å². The van der Waals surface area contributed by atoms with Gasteiger partial charge in [0.25, 0.3) is 11.7 Å². The minimum Gasteiger partial charge on any atom is -0.507 e. The molecule has 8 atom stereocenters. The fourth-order valence-electron chi connectivity index (χ4n) is 8.09. The summed E-state index contributed by atoms with van der Waals surface area (Å²) < 4.78 is 37.1. The van der Waals surface area contributed by atoms with Crippen molar-refractivity contribution < 1.29 is 62.3 Å². The largest absolute Gasteiger partial charge is 0.507 e. The molecule has 0 spiro atoms. The number of hydrogen-bond acceptors (Lipinski definition) is 14. The molecule has 3 heterocycles. The van der Waals surface area contributed by atoms with Gasteiger partial charge in [0.1, 0.15) is 53.4 Å². The number of fused-ring (bicyclic) bond motifs is 2. The lowest BCUT2D eigenvalue weighted by atomic mass is 9.83. The molecule has 350 valence electrons. The molecule has 4 aliphatic rings. The quantitative estimate of drug-likeness (QED) is 0.0669. The van der Waals surface area contributed by atoms with Gasteiger partial charge in [0.2, 0.25) is 5.43 Å². The Bertz CT molecular complexity index is 2610. The van der Waals surface area contributed by atoms with Crippen molar-refractivity contribution in [2.45, 2.75) is 105 Å². The summed E-state index contributed by atoms with van der Waals surface area (Å²) in [4.78, 5) is 60.6. The van der Waals surface area contributed by atoms with Crippen molar-refractivity contribution in [3.8, 4) is 28.7 Å². The van der Waals surface area contributed by atoms with Crippen LogP contribution in [0.3, 0.4) is 0 Å². The van der Waals surface area contributed by atoms with Gasteiger partial charge < -0.3 is 53.2 Å². The number of carbonyl (C=O) groups excluding carboxylic acids is 3. The van der Waals surface area contributed by atoms with Gasteiger partial charge >= 0.3 is 11.8 Å². The number of Topliss-reactive ketones (excluding diaryl/α,β-unsaturated/α-hetero) is 1. The highest BCUT2D eigenvalue weighted by atomic mass is 16.7. The second-order valence-corrected chi connectivity index (χ2v) is 18.3. The lowest BCUT2D eigenvalue weighted by molar-refractivity contribution is -0.911. The second-order valence-electron chi connectivity index (χ2n) is 18.3.